The molecule has 0 aliphatic carbocycles. The van der Waals surface area contributed by atoms with Crippen molar-refractivity contribution in [2.24, 2.45) is 0 Å². The summed E-state index contributed by atoms with van der Waals surface area (Å²) in [5.74, 6) is -1.37. The molecule has 1 atom stereocenters. The highest BCUT2D eigenvalue weighted by molar-refractivity contribution is 5.98. The van der Waals surface area contributed by atoms with Crippen molar-refractivity contribution in [2.75, 3.05) is 6.54 Å². The third-order valence-corrected chi connectivity index (χ3v) is 4.52. The lowest BCUT2D eigenvalue weighted by molar-refractivity contribution is -0.138. The fraction of sp³-hybridized carbons (Fsp3) is 0.250. The van der Waals surface area contributed by atoms with Gasteiger partial charge in [0.05, 0.1) is 12.0 Å². The van der Waals surface area contributed by atoms with Gasteiger partial charge >= 0.3 is 0 Å². The summed E-state index contributed by atoms with van der Waals surface area (Å²) in [5, 5.41) is 9.69. The number of rotatable bonds is 4. The molecule has 0 aromatic heterocycles. The zero-order valence-corrected chi connectivity index (χ0v) is 14.7. The van der Waals surface area contributed by atoms with Gasteiger partial charge in [0, 0.05) is 6.54 Å². The summed E-state index contributed by atoms with van der Waals surface area (Å²) < 4.78 is 0. The summed E-state index contributed by atoms with van der Waals surface area (Å²) >= 11 is 0. The predicted octanol–water partition coefficient (Wildman–Crippen LogP) is 1.39. The number of nitrogens with zero attached hydrogens (tertiary/aromatic N) is 1. The van der Waals surface area contributed by atoms with Crippen LogP contribution in [0.5, 0.6) is 5.75 Å². The van der Waals surface area contributed by atoms with E-state index in [1.54, 1.807) is 17.0 Å². The van der Waals surface area contributed by atoms with Gasteiger partial charge in [-0.25, -0.2) is 0 Å². The first-order valence-corrected chi connectivity index (χ1v) is 8.78. The van der Waals surface area contributed by atoms with Gasteiger partial charge in [-0.2, -0.15) is 0 Å². The van der Waals surface area contributed by atoms with Crippen LogP contribution in [0.1, 0.15) is 28.8 Å². The lowest BCUT2D eigenvalue weighted by atomic mass is 10.1. The Kier molecular flexibility index (Phi) is 5.71. The van der Waals surface area contributed by atoms with E-state index in [1.165, 1.54) is 12.1 Å². The molecule has 1 saturated heterocycles. The van der Waals surface area contributed by atoms with E-state index in [0.29, 0.717) is 13.0 Å². The zero-order valence-electron chi connectivity index (χ0n) is 14.7. The third-order valence-electron chi connectivity index (χ3n) is 4.52. The van der Waals surface area contributed by atoms with Gasteiger partial charge in [0.1, 0.15) is 11.8 Å². The number of phenols is 1. The molecule has 0 radical (unpaired) electrons. The van der Waals surface area contributed by atoms with Gasteiger partial charge in [0.25, 0.3) is 11.8 Å². The Hall–Kier alpha value is -3.35. The number of hydrazine groups is 1. The van der Waals surface area contributed by atoms with Crippen molar-refractivity contribution in [3.63, 3.8) is 0 Å². The largest absolute Gasteiger partial charge is 0.507 e. The van der Waals surface area contributed by atoms with Gasteiger partial charge in [0.2, 0.25) is 5.91 Å². The van der Waals surface area contributed by atoms with Crippen molar-refractivity contribution in [1.29, 1.82) is 0 Å². The van der Waals surface area contributed by atoms with Crippen LogP contribution in [0.3, 0.4) is 0 Å². The Morgan fingerprint density at radius 1 is 1.00 bits per heavy atom. The number of carbonyl (C=O) groups is 3. The third kappa shape index (κ3) is 4.44. The van der Waals surface area contributed by atoms with Crippen LogP contribution in [0.2, 0.25) is 0 Å². The molecule has 1 aliphatic rings. The van der Waals surface area contributed by atoms with Crippen molar-refractivity contribution in [3.05, 3.63) is 65.7 Å². The number of carbonyl (C=O) groups excluding carboxylic acids is 3. The predicted molar refractivity (Wildman–Crippen MR) is 98.6 cm³/mol. The minimum atomic E-state index is -0.624. The van der Waals surface area contributed by atoms with E-state index < -0.39 is 17.9 Å². The molecule has 3 N–H and O–H groups in total. The Bertz CT molecular complexity index is 838. The van der Waals surface area contributed by atoms with Crippen molar-refractivity contribution in [3.8, 4) is 5.75 Å². The van der Waals surface area contributed by atoms with Crippen LogP contribution in [0.4, 0.5) is 0 Å². The van der Waals surface area contributed by atoms with Crippen molar-refractivity contribution < 1.29 is 19.5 Å². The number of hydrogen-bond acceptors (Lipinski definition) is 4. The zero-order chi connectivity index (χ0) is 19.2. The lowest BCUT2D eigenvalue weighted by Crippen LogP contribution is -2.51. The molecule has 1 heterocycles. The number of likely N-dealkylation sites (tertiary alicyclic amines) is 1. The van der Waals surface area contributed by atoms with Crippen LogP contribution in [-0.2, 0) is 16.0 Å². The van der Waals surface area contributed by atoms with Gasteiger partial charge in [-0.15, -0.1) is 0 Å². The highest BCUT2D eigenvalue weighted by Gasteiger charge is 2.34. The lowest BCUT2D eigenvalue weighted by Gasteiger charge is -2.24. The number of benzene rings is 2. The fourth-order valence-corrected chi connectivity index (χ4v) is 3.14. The number of para-hydroxylation sites is 1. The Morgan fingerprint density at radius 3 is 2.44 bits per heavy atom. The molecule has 0 bridgehead atoms. The Balaban J connectivity index is 1.58. The van der Waals surface area contributed by atoms with E-state index in [2.05, 4.69) is 10.9 Å². The average molecular weight is 367 g/mol. The van der Waals surface area contributed by atoms with Gasteiger partial charge in [0.15, 0.2) is 0 Å². The average Bonchev–Trinajstić information content (AvgIpc) is 3.17. The summed E-state index contributed by atoms with van der Waals surface area (Å²) in [6.45, 7) is 0.511. The molecule has 27 heavy (non-hydrogen) atoms. The number of amides is 3. The summed E-state index contributed by atoms with van der Waals surface area (Å²) in [6.07, 6.45) is 1.50. The molecular weight excluding hydrogens is 346 g/mol. The van der Waals surface area contributed by atoms with E-state index in [9.17, 15) is 19.5 Å². The normalized spacial score (nSPS) is 16.0. The molecular formula is C20H21N3O4. The molecule has 3 rings (SSSR count). The molecule has 1 unspecified atom stereocenters. The van der Waals surface area contributed by atoms with Crippen LogP contribution in [0.15, 0.2) is 54.6 Å². The minimum Gasteiger partial charge on any atom is -0.507 e. The van der Waals surface area contributed by atoms with E-state index in [-0.39, 0.29) is 23.6 Å². The minimum absolute atomic E-state index is 0.0567. The van der Waals surface area contributed by atoms with Crippen LogP contribution >= 0.6 is 0 Å². The van der Waals surface area contributed by atoms with E-state index >= 15 is 0 Å². The maximum absolute atomic E-state index is 12.6. The molecule has 2 aromatic rings. The second kappa shape index (κ2) is 8.35. The first-order valence-electron chi connectivity index (χ1n) is 8.78. The van der Waals surface area contributed by atoms with Crippen LogP contribution in [-0.4, -0.2) is 40.3 Å². The van der Waals surface area contributed by atoms with Crippen molar-refractivity contribution >= 4 is 17.7 Å². The smallest absolute Gasteiger partial charge is 0.273 e. The second-order valence-electron chi connectivity index (χ2n) is 6.37. The molecule has 1 aliphatic heterocycles. The number of hydrogen-bond donors (Lipinski definition) is 3. The van der Waals surface area contributed by atoms with Crippen molar-refractivity contribution in [2.45, 2.75) is 25.3 Å². The van der Waals surface area contributed by atoms with Crippen molar-refractivity contribution in [1.82, 2.24) is 15.8 Å². The first kappa shape index (κ1) is 18.4. The van der Waals surface area contributed by atoms with Crippen LogP contribution < -0.4 is 10.9 Å². The molecule has 0 saturated carbocycles. The summed E-state index contributed by atoms with van der Waals surface area (Å²) in [5.41, 5.74) is 5.59. The molecule has 2 aromatic carbocycles. The topological polar surface area (TPSA) is 98.7 Å². The Morgan fingerprint density at radius 2 is 1.70 bits per heavy atom. The molecule has 0 spiro atoms. The van der Waals surface area contributed by atoms with E-state index in [4.69, 9.17) is 0 Å². The van der Waals surface area contributed by atoms with Crippen LogP contribution in [0, 0.1) is 0 Å². The van der Waals surface area contributed by atoms with Crippen LogP contribution in [0.25, 0.3) is 0 Å². The van der Waals surface area contributed by atoms with E-state index in [0.717, 1.165) is 12.0 Å². The summed E-state index contributed by atoms with van der Waals surface area (Å²) in [4.78, 5) is 38.6. The monoisotopic (exact) mass is 367 g/mol. The molecule has 140 valence electrons. The highest BCUT2D eigenvalue weighted by atomic mass is 16.3. The maximum Gasteiger partial charge on any atom is 0.273 e. The second-order valence-corrected chi connectivity index (χ2v) is 6.37. The van der Waals surface area contributed by atoms with Gasteiger partial charge in [-0.1, -0.05) is 42.5 Å². The van der Waals surface area contributed by atoms with E-state index in [1.807, 2.05) is 30.3 Å². The number of nitrogens with one attached hydrogen (secondary N) is 2. The summed E-state index contributed by atoms with van der Waals surface area (Å²) in [6, 6.07) is 14.8. The quantitative estimate of drug-likeness (QED) is 0.711. The number of aromatic hydroxyl groups is 1. The molecule has 3 amide bonds. The number of phenolic OH excluding ortho intramolecular Hbond substituents is 1. The van der Waals surface area contributed by atoms with Gasteiger partial charge in [-0.3, -0.25) is 25.2 Å². The van der Waals surface area contributed by atoms with Gasteiger partial charge in [-0.05, 0) is 30.5 Å². The Labute approximate surface area is 157 Å². The molecule has 7 nitrogen and oxygen atoms in total. The maximum atomic E-state index is 12.6. The molecule has 1 fully saturated rings. The SMILES string of the molecule is O=C(NNC(=O)C1CCCN1C(=O)Cc1ccccc1)c1ccccc1O. The highest BCUT2D eigenvalue weighted by Crippen LogP contribution is 2.19. The standard InChI is InChI=1S/C20H21N3O4/c24-17-11-5-4-9-15(17)19(26)21-22-20(27)16-10-6-12-23(16)18(25)13-14-7-2-1-3-8-14/h1-5,7-9,11,16,24H,6,10,12-13H2,(H,21,26)(H,22,27). The molecule has 7 heteroatoms. The summed E-state index contributed by atoms with van der Waals surface area (Å²) in [7, 11) is 0. The van der Waals surface area contributed by atoms with Gasteiger partial charge < -0.3 is 10.0 Å². The first-order chi connectivity index (χ1) is 13.1. The fourth-order valence-electron chi connectivity index (χ4n) is 3.14.